The van der Waals surface area contributed by atoms with Crippen LogP contribution in [0.15, 0.2) is 78.9 Å². The maximum atomic E-state index is 13.9. The van der Waals surface area contributed by atoms with Crippen molar-refractivity contribution in [2.75, 3.05) is 17.1 Å². The van der Waals surface area contributed by atoms with E-state index in [9.17, 15) is 18.0 Å². The summed E-state index contributed by atoms with van der Waals surface area (Å²) < 4.78 is 32.7. The molecule has 1 N–H and O–H groups in total. The average Bonchev–Trinajstić information content (AvgIpc) is 3.49. The number of rotatable bonds is 13. The van der Waals surface area contributed by atoms with E-state index in [1.165, 1.54) is 4.90 Å². The van der Waals surface area contributed by atoms with Crippen LogP contribution in [-0.2, 0) is 32.8 Å². The van der Waals surface area contributed by atoms with Gasteiger partial charge in [-0.3, -0.25) is 13.9 Å². The number of carbonyl (C=O) groups excluding carboxylic acids is 2. The summed E-state index contributed by atoms with van der Waals surface area (Å²) in [6.45, 7) is 1.81. The number of benzene rings is 3. The van der Waals surface area contributed by atoms with Gasteiger partial charge in [-0.05, 0) is 60.7 Å². The zero-order chi connectivity index (χ0) is 30.1. The lowest BCUT2D eigenvalue weighted by Crippen LogP contribution is -2.53. The molecule has 1 atom stereocenters. The summed E-state index contributed by atoms with van der Waals surface area (Å²) in [5.41, 5.74) is 2.00. The molecule has 4 rings (SSSR count). The van der Waals surface area contributed by atoms with Crippen LogP contribution in [0.1, 0.15) is 50.2 Å². The van der Waals surface area contributed by atoms with Crippen molar-refractivity contribution in [3.05, 3.63) is 95.0 Å². The lowest BCUT2D eigenvalue weighted by Gasteiger charge is -2.33. The summed E-state index contributed by atoms with van der Waals surface area (Å²) in [7, 11) is -3.85. The molecule has 0 aromatic heterocycles. The van der Waals surface area contributed by atoms with Crippen LogP contribution >= 0.6 is 11.6 Å². The monoisotopic (exact) mass is 611 g/mol. The molecule has 3 aromatic carbocycles. The van der Waals surface area contributed by atoms with E-state index in [1.54, 1.807) is 42.5 Å². The highest BCUT2D eigenvalue weighted by atomic mass is 35.5. The minimum Gasteiger partial charge on any atom is -0.489 e. The molecule has 1 aliphatic rings. The van der Waals surface area contributed by atoms with E-state index < -0.39 is 28.5 Å². The second kappa shape index (κ2) is 14.6. The summed E-state index contributed by atoms with van der Waals surface area (Å²) >= 11 is 6.44. The number of nitrogens with one attached hydrogen (secondary N) is 1. The molecule has 1 aliphatic carbocycles. The molecule has 0 spiro atoms. The lowest BCUT2D eigenvalue weighted by atomic mass is 10.1. The maximum Gasteiger partial charge on any atom is 0.244 e. The van der Waals surface area contributed by atoms with Gasteiger partial charge in [-0.2, -0.15) is 0 Å². The first-order valence-electron chi connectivity index (χ1n) is 14.2. The van der Waals surface area contributed by atoms with Gasteiger partial charge in [0.25, 0.3) is 0 Å². The molecule has 0 saturated heterocycles. The fourth-order valence-electron chi connectivity index (χ4n) is 5.16. The Morgan fingerprint density at radius 2 is 1.62 bits per heavy atom. The van der Waals surface area contributed by atoms with Gasteiger partial charge < -0.3 is 15.0 Å². The Morgan fingerprint density at radius 1 is 0.976 bits per heavy atom. The van der Waals surface area contributed by atoms with Crippen molar-refractivity contribution in [2.24, 2.45) is 0 Å². The molecule has 224 valence electrons. The smallest absolute Gasteiger partial charge is 0.244 e. The Morgan fingerprint density at radius 3 is 2.24 bits per heavy atom. The predicted octanol–water partition coefficient (Wildman–Crippen LogP) is 5.55. The zero-order valence-corrected chi connectivity index (χ0v) is 25.6. The van der Waals surface area contributed by atoms with E-state index in [1.807, 2.05) is 43.3 Å². The van der Waals surface area contributed by atoms with Gasteiger partial charge >= 0.3 is 0 Å². The predicted molar refractivity (Wildman–Crippen MR) is 166 cm³/mol. The highest BCUT2D eigenvalue weighted by Crippen LogP contribution is 2.25. The molecular formula is C32H38ClN3O5S. The largest absolute Gasteiger partial charge is 0.489 e. The van der Waals surface area contributed by atoms with E-state index >= 15 is 0 Å². The zero-order valence-electron chi connectivity index (χ0n) is 24.0. The molecule has 0 radical (unpaired) electrons. The number of anilines is 1. The Hall–Kier alpha value is -3.56. The number of sulfonamides is 1. The van der Waals surface area contributed by atoms with Crippen molar-refractivity contribution >= 4 is 39.1 Å². The molecule has 1 saturated carbocycles. The van der Waals surface area contributed by atoms with Crippen LogP contribution in [0.25, 0.3) is 0 Å². The van der Waals surface area contributed by atoms with Crippen molar-refractivity contribution in [3.63, 3.8) is 0 Å². The van der Waals surface area contributed by atoms with Gasteiger partial charge in [-0.25, -0.2) is 8.42 Å². The van der Waals surface area contributed by atoms with Gasteiger partial charge in [0.2, 0.25) is 21.8 Å². The third-order valence-corrected chi connectivity index (χ3v) is 8.95. The molecule has 0 bridgehead atoms. The Kier molecular flexibility index (Phi) is 10.9. The number of amides is 2. The van der Waals surface area contributed by atoms with Gasteiger partial charge in [0.05, 0.1) is 11.9 Å². The molecule has 8 nitrogen and oxygen atoms in total. The van der Waals surface area contributed by atoms with E-state index in [-0.39, 0.29) is 18.5 Å². The minimum atomic E-state index is -3.85. The maximum absolute atomic E-state index is 13.9. The number of halogens is 1. The number of ether oxygens (including phenoxy) is 1. The van der Waals surface area contributed by atoms with Gasteiger partial charge in [0, 0.05) is 17.6 Å². The molecule has 0 unspecified atom stereocenters. The van der Waals surface area contributed by atoms with E-state index in [0.717, 1.165) is 41.8 Å². The first-order valence-corrected chi connectivity index (χ1v) is 16.5. The van der Waals surface area contributed by atoms with Crippen LogP contribution in [0.4, 0.5) is 5.69 Å². The van der Waals surface area contributed by atoms with Crippen molar-refractivity contribution in [1.82, 2.24) is 10.2 Å². The second-order valence-electron chi connectivity index (χ2n) is 10.6. The Balaban J connectivity index is 1.55. The topological polar surface area (TPSA) is 96.0 Å². The third kappa shape index (κ3) is 8.49. The third-order valence-electron chi connectivity index (χ3n) is 7.44. The normalized spacial score (nSPS) is 14.3. The average molecular weight is 612 g/mol. The summed E-state index contributed by atoms with van der Waals surface area (Å²) in [6, 6.07) is 22.7. The van der Waals surface area contributed by atoms with Gasteiger partial charge in [0.15, 0.2) is 0 Å². The number of hydrogen-bond donors (Lipinski definition) is 1. The number of nitrogens with zero attached hydrogens (tertiary/aromatic N) is 2. The quantitative estimate of drug-likeness (QED) is 0.273. The summed E-state index contributed by atoms with van der Waals surface area (Å²) in [4.78, 5) is 28.8. The highest BCUT2D eigenvalue weighted by molar-refractivity contribution is 7.92. The van der Waals surface area contributed by atoms with Crippen molar-refractivity contribution in [1.29, 1.82) is 0 Å². The van der Waals surface area contributed by atoms with Crippen LogP contribution in [0.3, 0.4) is 0 Å². The molecular weight excluding hydrogens is 574 g/mol. The fourth-order valence-corrected chi connectivity index (χ4v) is 6.21. The summed E-state index contributed by atoms with van der Waals surface area (Å²) in [6.07, 6.45) is 5.36. The van der Waals surface area contributed by atoms with Crippen molar-refractivity contribution in [3.8, 4) is 5.75 Å². The molecule has 2 amide bonds. The van der Waals surface area contributed by atoms with Gasteiger partial charge in [-0.15, -0.1) is 0 Å². The number of carbonyl (C=O) groups is 2. The Bertz CT molecular complexity index is 1440. The molecule has 42 heavy (non-hydrogen) atoms. The van der Waals surface area contributed by atoms with Crippen LogP contribution in [-0.4, -0.2) is 50.0 Å². The van der Waals surface area contributed by atoms with Crippen LogP contribution < -0.4 is 14.4 Å². The summed E-state index contributed by atoms with van der Waals surface area (Å²) in [5, 5.41) is 3.56. The van der Waals surface area contributed by atoms with Crippen molar-refractivity contribution < 1.29 is 22.7 Å². The minimum absolute atomic E-state index is 0.0684. The van der Waals surface area contributed by atoms with E-state index in [2.05, 4.69) is 5.32 Å². The Labute approximate surface area is 253 Å². The van der Waals surface area contributed by atoms with Crippen LogP contribution in [0.2, 0.25) is 5.02 Å². The van der Waals surface area contributed by atoms with Crippen LogP contribution in [0, 0.1) is 0 Å². The SMILES string of the molecule is CC[C@@H](C(=O)NC1CCCC1)N(Cc1ccccc1Cl)C(=O)CN(c1ccc(OCc2ccccc2)cc1)S(C)(=O)=O. The number of hydrogen-bond acceptors (Lipinski definition) is 5. The van der Waals surface area contributed by atoms with Gasteiger partial charge in [-0.1, -0.05) is 79.9 Å². The first kappa shape index (κ1) is 31.4. The van der Waals surface area contributed by atoms with Crippen molar-refractivity contribution in [2.45, 2.75) is 64.3 Å². The first-order chi connectivity index (χ1) is 20.2. The molecule has 10 heteroatoms. The van der Waals surface area contributed by atoms with E-state index in [4.69, 9.17) is 16.3 Å². The molecule has 0 aliphatic heterocycles. The standard InChI is InChI=1S/C32H38ClN3O5S/c1-3-30(32(38)34-26-14-8-9-15-26)35(21-25-13-7-10-16-29(25)33)31(37)22-36(42(2,39)40)27-17-19-28(20-18-27)41-23-24-11-5-4-6-12-24/h4-7,10-13,16-20,26,30H,3,8-9,14-15,21-23H2,1-2H3,(H,34,38)/t30-/m0/s1. The summed E-state index contributed by atoms with van der Waals surface area (Å²) in [5.74, 6) is -0.175. The van der Waals surface area contributed by atoms with Gasteiger partial charge in [0.1, 0.15) is 24.9 Å². The molecule has 3 aromatic rings. The fraction of sp³-hybridized carbons (Fsp3) is 0.375. The second-order valence-corrected chi connectivity index (χ2v) is 12.9. The molecule has 1 fully saturated rings. The lowest BCUT2D eigenvalue weighted by molar-refractivity contribution is -0.140. The highest BCUT2D eigenvalue weighted by Gasteiger charge is 2.33. The van der Waals surface area contributed by atoms with E-state index in [0.29, 0.717) is 35.1 Å². The van der Waals surface area contributed by atoms with Crippen LogP contribution in [0.5, 0.6) is 5.75 Å². The molecule has 0 heterocycles.